The van der Waals surface area contributed by atoms with E-state index in [2.05, 4.69) is 0 Å². The standard InChI is InChI=1S/C25H31BClNO7/c1-2-6-14-11-18-22(25(33)28(24(18)32)10-5-3-4-7-21(30)31)17-13-20(35-26(34)23(14)17)16-9-8-15(29)12-19(16)27/h8-9,12,17-18,20,22,29,34H,2-7,10-11,13H2,1H3,(H,30,31)/t17-,18-,20-,22+/m0/s1. The average molecular weight is 504 g/mol. The summed E-state index contributed by atoms with van der Waals surface area (Å²) in [5, 5.41) is 29.9. The van der Waals surface area contributed by atoms with Crippen LogP contribution in [0.5, 0.6) is 5.75 Å². The number of aliphatic carboxylic acids is 1. The Morgan fingerprint density at radius 3 is 2.66 bits per heavy atom. The summed E-state index contributed by atoms with van der Waals surface area (Å²) in [6.45, 7) is 2.32. The molecule has 0 saturated carbocycles. The molecule has 0 spiro atoms. The number of imide groups is 1. The van der Waals surface area contributed by atoms with Gasteiger partial charge in [0.1, 0.15) is 5.75 Å². The molecule has 10 heteroatoms. The maximum Gasteiger partial charge on any atom is 0.487 e. The maximum atomic E-state index is 13.5. The number of allylic oxidation sites excluding steroid dienone is 2. The number of fused-ring (bicyclic) bond motifs is 3. The van der Waals surface area contributed by atoms with Crippen LogP contribution in [0.4, 0.5) is 0 Å². The number of carboxylic acid groups (broad SMARTS) is 1. The molecule has 0 bridgehead atoms. The normalized spacial score (nSPS) is 26.3. The van der Waals surface area contributed by atoms with Gasteiger partial charge in [-0.05, 0) is 61.2 Å². The molecule has 3 N–H and O–H groups in total. The Labute approximate surface area is 210 Å². The van der Waals surface area contributed by atoms with E-state index in [0.29, 0.717) is 42.7 Å². The van der Waals surface area contributed by atoms with Crippen molar-refractivity contribution in [2.75, 3.05) is 6.54 Å². The molecule has 2 heterocycles. The van der Waals surface area contributed by atoms with E-state index < -0.39 is 31.0 Å². The Bertz CT molecular complexity index is 1040. The van der Waals surface area contributed by atoms with E-state index in [1.807, 2.05) is 6.92 Å². The average Bonchev–Trinajstić information content (AvgIpc) is 3.03. The van der Waals surface area contributed by atoms with Gasteiger partial charge < -0.3 is 19.9 Å². The molecule has 1 aromatic carbocycles. The highest BCUT2D eigenvalue weighted by atomic mass is 35.5. The molecule has 188 valence electrons. The summed E-state index contributed by atoms with van der Waals surface area (Å²) in [4.78, 5) is 38.9. The number of benzene rings is 1. The second-order valence-electron chi connectivity index (χ2n) is 9.70. The lowest BCUT2D eigenvalue weighted by atomic mass is 9.54. The van der Waals surface area contributed by atoms with Crippen LogP contribution in [0.2, 0.25) is 5.02 Å². The van der Waals surface area contributed by atoms with Crippen LogP contribution in [0.25, 0.3) is 0 Å². The lowest BCUT2D eigenvalue weighted by molar-refractivity contribution is -0.141. The molecule has 8 nitrogen and oxygen atoms in total. The Morgan fingerprint density at radius 2 is 1.97 bits per heavy atom. The molecule has 2 saturated heterocycles. The Balaban J connectivity index is 1.58. The van der Waals surface area contributed by atoms with Crippen molar-refractivity contribution in [1.82, 2.24) is 4.90 Å². The number of carbonyl (C=O) groups is 3. The number of phenolic OH excluding ortho intramolecular Hbond substituents is 1. The number of aromatic hydroxyl groups is 1. The number of hydrogen-bond acceptors (Lipinski definition) is 6. The van der Waals surface area contributed by atoms with Crippen molar-refractivity contribution in [2.45, 2.75) is 64.4 Å². The van der Waals surface area contributed by atoms with E-state index in [4.69, 9.17) is 21.4 Å². The zero-order valence-electron chi connectivity index (χ0n) is 19.8. The number of carbonyl (C=O) groups excluding carboxylic acids is 2. The summed E-state index contributed by atoms with van der Waals surface area (Å²) in [7, 11) is -1.20. The number of likely N-dealkylation sites (tertiary alicyclic amines) is 1. The third kappa shape index (κ3) is 5.13. The summed E-state index contributed by atoms with van der Waals surface area (Å²) in [5.74, 6) is -2.59. The summed E-state index contributed by atoms with van der Waals surface area (Å²) >= 11 is 6.35. The van der Waals surface area contributed by atoms with E-state index in [-0.39, 0.29) is 36.4 Å². The van der Waals surface area contributed by atoms with E-state index in [0.717, 1.165) is 23.9 Å². The van der Waals surface area contributed by atoms with Gasteiger partial charge in [-0.25, -0.2) is 0 Å². The Morgan fingerprint density at radius 1 is 1.20 bits per heavy atom. The van der Waals surface area contributed by atoms with Crippen LogP contribution in [0.15, 0.2) is 29.2 Å². The van der Waals surface area contributed by atoms with Gasteiger partial charge in [-0.1, -0.05) is 43.0 Å². The number of amides is 2. The minimum atomic E-state index is -1.20. The smallest absolute Gasteiger partial charge is 0.487 e. The predicted molar refractivity (Wildman–Crippen MR) is 129 cm³/mol. The number of nitrogens with zero attached hydrogens (tertiary/aromatic N) is 1. The first kappa shape index (κ1) is 25.7. The van der Waals surface area contributed by atoms with Gasteiger partial charge in [-0.3, -0.25) is 19.3 Å². The highest BCUT2D eigenvalue weighted by molar-refractivity contribution is 6.53. The van der Waals surface area contributed by atoms with E-state index in [1.54, 1.807) is 6.07 Å². The number of hydrogen-bond donors (Lipinski definition) is 3. The predicted octanol–water partition coefficient (Wildman–Crippen LogP) is 3.89. The fourth-order valence-electron chi connectivity index (χ4n) is 5.94. The monoisotopic (exact) mass is 503 g/mol. The van der Waals surface area contributed by atoms with Crippen LogP contribution in [0, 0.1) is 17.8 Å². The third-order valence-corrected chi connectivity index (χ3v) is 7.79. The quantitative estimate of drug-likeness (QED) is 0.265. The highest BCUT2D eigenvalue weighted by Crippen LogP contribution is 2.52. The molecule has 4 rings (SSSR count). The summed E-state index contributed by atoms with van der Waals surface area (Å²) in [5.41, 5.74) is 2.34. The number of halogens is 1. The van der Waals surface area contributed by atoms with Crippen LogP contribution in [0.1, 0.15) is 70.0 Å². The van der Waals surface area contributed by atoms with Crippen LogP contribution < -0.4 is 0 Å². The van der Waals surface area contributed by atoms with E-state index in [1.165, 1.54) is 17.0 Å². The Kier molecular flexibility index (Phi) is 7.88. The summed E-state index contributed by atoms with van der Waals surface area (Å²) < 4.78 is 5.96. The van der Waals surface area contributed by atoms with Gasteiger partial charge in [0, 0.05) is 18.0 Å². The van der Waals surface area contributed by atoms with Gasteiger partial charge in [0.2, 0.25) is 11.8 Å². The first-order valence-electron chi connectivity index (χ1n) is 12.3. The molecule has 1 aliphatic carbocycles. The van der Waals surface area contributed by atoms with E-state index in [9.17, 15) is 24.5 Å². The first-order chi connectivity index (χ1) is 16.7. The molecule has 2 amide bonds. The minimum Gasteiger partial charge on any atom is -0.508 e. The van der Waals surface area contributed by atoms with Crippen LogP contribution in [0.3, 0.4) is 0 Å². The van der Waals surface area contributed by atoms with Crippen LogP contribution in [-0.2, 0) is 19.0 Å². The van der Waals surface area contributed by atoms with Gasteiger partial charge >= 0.3 is 13.1 Å². The topological polar surface area (TPSA) is 124 Å². The van der Waals surface area contributed by atoms with Gasteiger partial charge in [-0.15, -0.1) is 0 Å². The van der Waals surface area contributed by atoms with Crippen molar-refractivity contribution >= 4 is 36.5 Å². The van der Waals surface area contributed by atoms with Crippen molar-refractivity contribution in [3.05, 3.63) is 39.8 Å². The zero-order chi connectivity index (χ0) is 25.3. The molecule has 0 aromatic heterocycles. The minimum absolute atomic E-state index is 0.0224. The lowest BCUT2D eigenvalue weighted by Crippen LogP contribution is -2.45. The van der Waals surface area contributed by atoms with Gasteiger partial charge in [-0.2, -0.15) is 0 Å². The molecule has 35 heavy (non-hydrogen) atoms. The molecule has 0 unspecified atom stereocenters. The molecular weight excluding hydrogens is 473 g/mol. The number of phenols is 1. The van der Waals surface area contributed by atoms with Crippen molar-refractivity contribution in [1.29, 1.82) is 0 Å². The highest BCUT2D eigenvalue weighted by Gasteiger charge is 2.57. The molecular formula is C25H31BClNO7. The van der Waals surface area contributed by atoms with Crippen molar-refractivity contribution in [3.63, 3.8) is 0 Å². The van der Waals surface area contributed by atoms with Gasteiger partial charge in [0.25, 0.3) is 0 Å². The summed E-state index contributed by atoms with van der Waals surface area (Å²) in [6.07, 6.45) is 3.59. The molecule has 2 aliphatic heterocycles. The van der Waals surface area contributed by atoms with Crippen molar-refractivity contribution in [2.24, 2.45) is 17.8 Å². The molecule has 3 aliphatic rings. The molecule has 0 radical (unpaired) electrons. The maximum absolute atomic E-state index is 13.5. The molecule has 1 aromatic rings. The summed E-state index contributed by atoms with van der Waals surface area (Å²) in [6, 6.07) is 4.58. The molecule has 2 fully saturated rings. The van der Waals surface area contributed by atoms with Crippen LogP contribution in [-0.4, -0.2) is 51.6 Å². The second-order valence-corrected chi connectivity index (χ2v) is 10.1. The second kappa shape index (κ2) is 10.7. The van der Waals surface area contributed by atoms with Crippen LogP contribution >= 0.6 is 11.6 Å². The largest absolute Gasteiger partial charge is 0.508 e. The lowest BCUT2D eigenvalue weighted by Gasteiger charge is -2.42. The van der Waals surface area contributed by atoms with Crippen molar-refractivity contribution in [3.8, 4) is 5.75 Å². The fraction of sp³-hybridized carbons (Fsp3) is 0.560. The Hall–Kier alpha value is -2.36. The number of rotatable bonds is 9. The zero-order valence-corrected chi connectivity index (χ0v) is 20.5. The number of unbranched alkanes of at least 4 members (excludes halogenated alkanes) is 2. The van der Waals surface area contributed by atoms with Crippen molar-refractivity contribution < 1.29 is 34.3 Å². The SMILES string of the molecule is CCCC1=C2B(O)O[C@H](c3ccc(O)cc3Cl)C[C@H]2[C@H]2C(=O)N(CCCCCC(=O)O)C(=O)[C@H]2C1. The number of carboxylic acids is 1. The van der Waals surface area contributed by atoms with Gasteiger partial charge in [0.15, 0.2) is 0 Å². The fourth-order valence-corrected chi connectivity index (χ4v) is 6.23. The first-order valence-corrected chi connectivity index (χ1v) is 12.7. The molecule has 4 atom stereocenters. The third-order valence-electron chi connectivity index (χ3n) is 7.46. The van der Waals surface area contributed by atoms with E-state index >= 15 is 0 Å². The van der Waals surface area contributed by atoms with Gasteiger partial charge in [0.05, 0.1) is 17.9 Å².